The van der Waals surface area contributed by atoms with Crippen molar-refractivity contribution in [1.82, 2.24) is 25.4 Å². The monoisotopic (exact) mass is 253 g/mol. The molecule has 1 heterocycles. The van der Waals surface area contributed by atoms with E-state index in [0.717, 1.165) is 0 Å². The fourth-order valence-electron chi connectivity index (χ4n) is 1.35. The number of aromatic nitrogens is 3. The maximum absolute atomic E-state index is 11.9. The number of H-pyrrole nitrogens is 1. The predicted octanol–water partition coefficient (Wildman–Crippen LogP) is 0.0998. The summed E-state index contributed by atoms with van der Waals surface area (Å²) in [6, 6.07) is 0. The summed E-state index contributed by atoms with van der Waals surface area (Å²) in [4.78, 5) is 28.7. The number of aryl methyl sites for hydroxylation is 1. The van der Waals surface area contributed by atoms with Gasteiger partial charge < -0.3 is 10.2 Å². The summed E-state index contributed by atoms with van der Waals surface area (Å²) in [7, 11) is 1.54. The van der Waals surface area contributed by atoms with Crippen LogP contribution < -0.4 is 5.32 Å². The third-order valence-corrected chi connectivity index (χ3v) is 2.03. The molecule has 0 fully saturated rings. The first kappa shape index (κ1) is 14.1. The van der Waals surface area contributed by atoms with Crippen LogP contribution >= 0.6 is 0 Å². The second-order valence-electron chi connectivity index (χ2n) is 5.20. The molecule has 1 aromatic heterocycles. The van der Waals surface area contributed by atoms with E-state index in [2.05, 4.69) is 20.5 Å². The van der Waals surface area contributed by atoms with Crippen LogP contribution in [0.1, 0.15) is 37.2 Å². The molecule has 0 aromatic carbocycles. The first-order valence-corrected chi connectivity index (χ1v) is 5.64. The molecule has 1 aromatic rings. The number of amides is 2. The van der Waals surface area contributed by atoms with Gasteiger partial charge in [-0.1, -0.05) is 0 Å². The number of likely N-dealkylation sites (N-methyl/N-ethyl adjacent to an activating group) is 1. The van der Waals surface area contributed by atoms with Gasteiger partial charge in [-0.15, -0.1) is 5.10 Å². The molecule has 0 aliphatic rings. The number of carbonyl (C=O) groups is 2. The van der Waals surface area contributed by atoms with E-state index < -0.39 is 0 Å². The Morgan fingerprint density at radius 3 is 2.44 bits per heavy atom. The van der Waals surface area contributed by atoms with E-state index in [4.69, 9.17) is 0 Å². The molecule has 2 N–H and O–H groups in total. The van der Waals surface area contributed by atoms with Crippen molar-refractivity contribution in [3.63, 3.8) is 0 Å². The predicted molar refractivity (Wildman–Crippen MR) is 66.0 cm³/mol. The third-order valence-electron chi connectivity index (χ3n) is 2.03. The topological polar surface area (TPSA) is 91.0 Å². The molecule has 0 radical (unpaired) electrons. The summed E-state index contributed by atoms with van der Waals surface area (Å²) < 4.78 is 0. The maximum atomic E-state index is 11.9. The first-order chi connectivity index (χ1) is 8.19. The van der Waals surface area contributed by atoms with E-state index in [0.29, 0.717) is 5.82 Å². The zero-order chi connectivity index (χ0) is 13.9. The van der Waals surface area contributed by atoms with Crippen molar-refractivity contribution >= 4 is 11.8 Å². The van der Waals surface area contributed by atoms with Gasteiger partial charge in [-0.25, -0.2) is 4.98 Å². The molecule has 0 unspecified atom stereocenters. The Hall–Kier alpha value is -1.92. The molecular weight excluding hydrogens is 234 g/mol. The summed E-state index contributed by atoms with van der Waals surface area (Å²) in [5, 5.41) is 9.13. The minimum absolute atomic E-state index is 0.0241. The van der Waals surface area contributed by atoms with Gasteiger partial charge in [0.1, 0.15) is 5.82 Å². The normalized spacial score (nSPS) is 11.2. The first-order valence-electron chi connectivity index (χ1n) is 5.64. The average Bonchev–Trinajstić information content (AvgIpc) is 2.60. The van der Waals surface area contributed by atoms with Crippen LogP contribution in [0.25, 0.3) is 0 Å². The number of rotatable bonds is 3. The number of hydrogen-bond acceptors (Lipinski definition) is 4. The molecule has 0 bridgehead atoms. The van der Waals surface area contributed by atoms with Crippen LogP contribution in [0.15, 0.2) is 0 Å². The average molecular weight is 253 g/mol. The molecule has 1 rings (SSSR count). The number of hydrogen-bond donors (Lipinski definition) is 2. The van der Waals surface area contributed by atoms with Crippen LogP contribution in [-0.2, 0) is 4.79 Å². The molecule has 0 aliphatic carbocycles. The van der Waals surface area contributed by atoms with Crippen molar-refractivity contribution in [1.29, 1.82) is 0 Å². The van der Waals surface area contributed by atoms with Crippen molar-refractivity contribution in [2.24, 2.45) is 0 Å². The van der Waals surface area contributed by atoms with Crippen LogP contribution in [0.3, 0.4) is 0 Å². The van der Waals surface area contributed by atoms with E-state index in [1.54, 1.807) is 6.92 Å². The van der Waals surface area contributed by atoms with Crippen molar-refractivity contribution < 1.29 is 9.59 Å². The molecule has 18 heavy (non-hydrogen) atoms. The van der Waals surface area contributed by atoms with Crippen molar-refractivity contribution in [2.75, 3.05) is 13.6 Å². The van der Waals surface area contributed by atoms with Crippen molar-refractivity contribution in [3.8, 4) is 0 Å². The number of aromatic amines is 1. The smallest absolute Gasteiger partial charge is 0.293 e. The lowest BCUT2D eigenvalue weighted by Crippen LogP contribution is -2.46. The Balaban J connectivity index is 2.58. The molecule has 0 saturated carbocycles. The molecule has 2 amide bonds. The van der Waals surface area contributed by atoms with Crippen LogP contribution in [-0.4, -0.2) is 51.0 Å². The number of carbonyl (C=O) groups excluding carboxylic acids is 2. The van der Waals surface area contributed by atoms with Gasteiger partial charge in [-0.05, 0) is 27.7 Å². The van der Waals surface area contributed by atoms with Gasteiger partial charge in [-0.3, -0.25) is 14.7 Å². The lowest BCUT2D eigenvalue weighted by molar-refractivity contribution is -0.122. The Bertz CT molecular complexity index is 447. The zero-order valence-corrected chi connectivity index (χ0v) is 11.4. The van der Waals surface area contributed by atoms with E-state index in [1.165, 1.54) is 11.9 Å². The second kappa shape index (κ2) is 5.16. The van der Waals surface area contributed by atoms with E-state index in [-0.39, 0.29) is 29.7 Å². The Labute approximate surface area is 106 Å². The Morgan fingerprint density at radius 2 is 2.00 bits per heavy atom. The SMILES string of the molecule is Cc1nc(C(=O)N(C)CC(=O)NC(C)(C)C)n[nH]1. The molecule has 0 atom stereocenters. The van der Waals surface area contributed by atoms with E-state index in [9.17, 15) is 9.59 Å². The Morgan fingerprint density at radius 1 is 1.39 bits per heavy atom. The maximum Gasteiger partial charge on any atom is 0.293 e. The van der Waals surface area contributed by atoms with Crippen molar-refractivity contribution in [2.45, 2.75) is 33.2 Å². The minimum atomic E-state index is -0.386. The summed E-state index contributed by atoms with van der Waals surface area (Å²) in [5.41, 5.74) is -0.317. The fourth-order valence-corrected chi connectivity index (χ4v) is 1.35. The van der Waals surface area contributed by atoms with Gasteiger partial charge in [0, 0.05) is 12.6 Å². The number of nitrogens with one attached hydrogen (secondary N) is 2. The van der Waals surface area contributed by atoms with Crippen LogP contribution in [0, 0.1) is 6.92 Å². The standard InChI is InChI=1S/C11H19N5O2/c1-7-12-9(15-14-7)10(18)16(5)6-8(17)13-11(2,3)4/h6H2,1-5H3,(H,13,17)(H,12,14,15). The lowest BCUT2D eigenvalue weighted by atomic mass is 10.1. The van der Waals surface area contributed by atoms with Gasteiger partial charge in [0.2, 0.25) is 11.7 Å². The van der Waals surface area contributed by atoms with Gasteiger partial charge in [0.05, 0.1) is 6.54 Å². The molecular formula is C11H19N5O2. The summed E-state index contributed by atoms with van der Waals surface area (Å²) in [6.45, 7) is 7.32. The van der Waals surface area contributed by atoms with E-state index >= 15 is 0 Å². The fraction of sp³-hybridized carbons (Fsp3) is 0.636. The highest BCUT2D eigenvalue weighted by molar-refractivity contribution is 5.93. The van der Waals surface area contributed by atoms with Crippen molar-refractivity contribution in [3.05, 3.63) is 11.6 Å². The van der Waals surface area contributed by atoms with Gasteiger partial charge in [-0.2, -0.15) is 0 Å². The largest absolute Gasteiger partial charge is 0.350 e. The second-order valence-corrected chi connectivity index (χ2v) is 5.20. The molecule has 0 aliphatic heterocycles. The quantitative estimate of drug-likeness (QED) is 0.799. The van der Waals surface area contributed by atoms with Crippen LogP contribution in [0.5, 0.6) is 0 Å². The lowest BCUT2D eigenvalue weighted by Gasteiger charge is -2.22. The zero-order valence-electron chi connectivity index (χ0n) is 11.4. The minimum Gasteiger partial charge on any atom is -0.350 e. The highest BCUT2D eigenvalue weighted by Crippen LogP contribution is 2.00. The van der Waals surface area contributed by atoms with E-state index in [1.807, 2.05) is 20.8 Å². The van der Waals surface area contributed by atoms with Gasteiger partial charge >= 0.3 is 0 Å². The summed E-state index contributed by atoms with van der Waals surface area (Å²) >= 11 is 0. The molecule has 0 saturated heterocycles. The highest BCUT2D eigenvalue weighted by Gasteiger charge is 2.20. The van der Waals surface area contributed by atoms with Gasteiger partial charge in [0.15, 0.2) is 0 Å². The van der Waals surface area contributed by atoms with Crippen LogP contribution in [0.2, 0.25) is 0 Å². The highest BCUT2D eigenvalue weighted by atomic mass is 16.2. The summed E-state index contributed by atoms with van der Waals surface area (Å²) in [5.74, 6) is 0.0264. The Kier molecular flexibility index (Phi) is 4.05. The molecule has 0 spiro atoms. The van der Waals surface area contributed by atoms with Crippen LogP contribution in [0.4, 0.5) is 0 Å². The number of nitrogens with zero attached hydrogens (tertiary/aromatic N) is 3. The molecule has 100 valence electrons. The molecule has 7 nitrogen and oxygen atoms in total. The summed E-state index contributed by atoms with van der Waals surface area (Å²) in [6.07, 6.45) is 0. The molecule has 7 heteroatoms. The van der Waals surface area contributed by atoms with Gasteiger partial charge in [0.25, 0.3) is 5.91 Å². The third kappa shape index (κ3) is 4.15.